The van der Waals surface area contributed by atoms with Gasteiger partial charge in [-0.25, -0.2) is 0 Å². The molecule has 0 radical (unpaired) electrons. The van der Waals surface area contributed by atoms with Gasteiger partial charge in [0.1, 0.15) is 17.2 Å². The first-order valence-electron chi connectivity index (χ1n) is 12.7. The van der Waals surface area contributed by atoms with Crippen LogP contribution in [0.2, 0.25) is 0 Å². The molecule has 1 heterocycles. The molecule has 3 aromatic carbocycles. The Morgan fingerprint density at radius 2 is 1.57 bits per heavy atom. The first-order chi connectivity index (χ1) is 18.2. The van der Waals surface area contributed by atoms with Crippen LogP contribution in [0.1, 0.15) is 29.0 Å². The van der Waals surface area contributed by atoms with Gasteiger partial charge in [0.05, 0.1) is 52.9 Å². The van der Waals surface area contributed by atoms with Crippen LogP contribution in [-0.2, 0) is 22.7 Å². The first kappa shape index (κ1) is 26.9. The van der Waals surface area contributed by atoms with Gasteiger partial charge in [0.25, 0.3) is 0 Å². The quantitative estimate of drug-likeness (QED) is 0.334. The predicted molar refractivity (Wildman–Crippen MR) is 142 cm³/mol. The average Bonchev–Trinajstić information content (AvgIpc) is 2.94. The Balaban J connectivity index is 1.23. The van der Waals surface area contributed by atoms with Crippen LogP contribution in [0.25, 0.3) is 0 Å². The highest BCUT2D eigenvalue weighted by Gasteiger charge is 2.34. The number of benzene rings is 3. The Kier molecular flexibility index (Phi) is 10.2. The number of hydrogen-bond donors (Lipinski definition) is 2. The van der Waals surface area contributed by atoms with Gasteiger partial charge in [-0.3, -0.25) is 0 Å². The topological polar surface area (TPSA) is 78.4 Å². The number of hydrogen-bond acceptors (Lipinski definition) is 7. The van der Waals surface area contributed by atoms with Crippen LogP contribution < -0.4 is 19.5 Å². The van der Waals surface area contributed by atoms with E-state index < -0.39 is 6.10 Å². The number of ether oxygens (including phenoxy) is 5. The van der Waals surface area contributed by atoms with Crippen molar-refractivity contribution in [1.82, 2.24) is 5.32 Å². The second-order valence-electron chi connectivity index (χ2n) is 9.08. The summed E-state index contributed by atoms with van der Waals surface area (Å²) in [4.78, 5) is 0. The Bertz CT molecular complexity index is 1070. The van der Waals surface area contributed by atoms with Crippen LogP contribution in [-0.4, -0.2) is 57.8 Å². The summed E-state index contributed by atoms with van der Waals surface area (Å²) in [5.41, 5.74) is 3.14. The number of aliphatic hydroxyl groups excluding tert-OH is 1. The van der Waals surface area contributed by atoms with Gasteiger partial charge in [0.15, 0.2) is 0 Å². The molecular formula is C30H37NO6. The molecular weight excluding hydrogens is 470 g/mol. The largest absolute Gasteiger partial charge is 0.497 e. The molecule has 7 heteroatoms. The normalized spacial score (nSPS) is 19.4. The molecule has 0 bridgehead atoms. The molecule has 0 aliphatic carbocycles. The van der Waals surface area contributed by atoms with Crippen molar-refractivity contribution < 1.29 is 28.8 Å². The van der Waals surface area contributed by atoms with Gasteiger partial charge in [0, 0.05) is 31.0 Å². The molecule has 37 heavy (non-hydrogen) atoms. The van der Waals surface area contributed by atoms with Gasteiger partial charge in [-0.2, -0.15) is 0 Å². The third-order valence-electron chi connectivity index (χ3n) is 6.55. The maximum atomic E-state index is 10.8. The number of β-amino-alcohol motifs (C(OH)–C–C–N with tert-alkyl or cyclic N) is 1. The van der Waals surface area contributed by atoms with Crippen LogP contribution >= 0.6 is 0 Å². The van der Waals surface area contributed by atoms with Crippen molar-refractivity contribution in [2.45, 2.75) is 37.8 Å². The van der Waals surface area contributed by atoms with E-state index in [0.717, 1.165) is 40.4 Å². The van der Waals surface area contributed by atoms with Crippen molar-refractivity contribution in [2.24, 2.45) is 0 Å². The molecule has 0 amide bonds. The van der Waals surface area contributed by atoms with Crippen molar-refractivity contribution in [1.29, 1.82) is 0 Å². The van der Waals surface area contributed by atoms with Crippen molar-refractivity contribution in [2.75, 3.05) is 40.5 Å². The molecule has 0 spiro atoms. The summed E-state index contributed by atoms with van der Waals surface area (Å²) in [6, 6.07) is 23.7. The highest BCUT2D eigenvalue weighted by molar-refractivity contribution is 5.33. The van der Waals surface area contributed by atoms with Gasteiger partial charge in [-0.05, 0) is 41.5 Å². The number of methoxy groups -OCH3 is 2. The molecule has 1 aliphatic heterocycles. The van der Waals surface area contributed by atoms with E-state index in [1.54, 1.807) is 14.2 Å². The second kappa shape index (κ2) is 14.0. The minimum atomic E-state index is -0.526. The number of para-hydroxylation sites is 1. The molecule has 1 saturated heterocycles. The van der Waals surface area contributed by atoms with E-state index in [0.29, 0.717) is 39.5 Å². The second-order valence-corrected chi connectivity index (χ2v) is 9.08. The van der Waals surface area contributed by atoms with Crippen LogP contribution in [0, 0.1) is 0 Å². The Morgan fingerprint density at radius 3 is 2.32 bits per heavy atom. The lowest BCUT2D eigenvalue weighted by atomic mass is 9.85. The average molecular weight is 508 g/mol. The van der Waals surface area contributed by atoms with Gasteiger partial charge in [-0.1, -0.05) is 42.5 Å². The van der Waals surface area contributed by atoms with Gasteiger partial charge < -0.3 is 34.1 Å². The molecule has 4 rings (SSSR count). The number of piperidine rings is 1. The zero-order valence-corrected chi connectivity index (χ0v) is 21.6. The molecule has 198 valence electrons. The smallest absolute Gasteiger partial charge is 0.124 e. The molecule has 3 atom stereocenters. The fourth-order valence-electron chi connectivity index (χ4n) is 4.54. The molecule has 0 aromatic heterocycles. The first-order valence-corrected chi connectivity index (χ1v) is 12.7. The van der Waals surface area contributed by atoms with Gasteiger partial charge in [0.2, 0.25) is 0 Å². The highest BCUT2D eigenvalue weighted by atomic mass is 16.5. The van der Waals surface area contributed by atoms with E-state index in [-0.39, 0.29) is 12.0 Å². The standard InChI is InChI=1S/C30H37NO6/c1-33-25-12-8-22(9-13-25)20-37-29-19-31-18-27(32)30(29)23-10-14-26(15-11-23)36-17-5-16-35-21-24-6-3-4-7-28(24)34-2/h3-4,6-15,27,29-32H,5,16-21H2,1-2H3. The van der Waals surface area contributed by atoms with E-state index >= 15 is 0 Å². The summed E-state index contributed by atoms with van der Waals surface area (Å²) >= 11 is 0. The third-order valence-corrected chi connectivity index (χ3v) is 6.55. The van der Waals surface area contributed by atoms with Crippen LogP contribution in [0.5, 0.6) is 17.2 Å². The summed E-state index contributed by atoms with van der Waals surface area (Å²) < 4.78 is 28.5. The van der Waals surface area contributed by atoms with Gasteiger partial charge in [-0.15, -0.1) is 0 Å². The van der Waals surface area contributed by atoms with Crippen LogP contribution in [0.15, 0.2) is 72.8 Å². The SMILES string of the molecule is COc1ccc(COC2CNCC(O)C2c2ccc(OCCCOCc3ccccc3OC)cc2)cc1. The molecule has 1 fully saturated rings. The molecule has 0 saturated carbocycles. The number of rotatable bonds is 13. The molecule has 3 aromatic rings. The Labute approximate surface area is 219 Å². The summed E-state index contributed by atoms with van der Waals surface area (Å²) in [6.07, 6.45) is 0.116. The predicted octanol–water partition coefficient (Wildman–Crippen LogP) is 4.32. The summed E-state index contributed by atoms with van der Waals surface area (Å²) in [5.74, 6) is 2.34. The third kappa shape index (κ3) is 7.69. The molecule has 2 N–H and O–H groups in total. The van der Waals surface area contributed by atoms with Gasteiger partial charge >= 0.3 is 0 Å². The van der Waals surface area contributed by atoms with Crippen molar-refractivity contribution in [3.63, 3.8) is 0 Å². The highest BCUT2D eigenvalue weighted by Crippen LogP contribution is 2.30. The molecule has 1 aliphatic rings. The van der Waals surface area contributed by atoms with E-state index in [4.69, 9.17) is 23.7 Å². The summed E-state index contributed by atoms with van der Waals surface area (Å²) in [7, 11) is 3.32. The maximum Gasteiger partial charge on any atom is 0.124 e. The number of nitrogens with one attached hydrogen (secondary N) is 1. The van der Waals surface area contributed by atoms with Crippen LogP contribution in [0.3, 0.4) is 0 Å². The zero-order valence-electron chi connectivity index (χ0n) is 21.6. The maximum absolute atomic E-state index is 10.8. The Morgan fingerprint density at radius 1 is 0.811 bits per heavy atom. The van der Waals surface area contributed by atoms with Crippen LogP contribution in [0.4, 0.5) is 0 Å². The van der Waals surface area contributed by atoms with E-state index in [1.165, 1.54) is 0 Å². The summed E-state index contributed by atoms with van der Waals surface area (Å²) in [5, 5.41) is 14.0. The van der Waals surface area contributed by atoms with E-state index in [2.05, 4.69) is 5.32 Å². The summed E-state index contributed by atoms with van der Waals surface area (Å²) in [6.45, 7) is 3.38. The van der Waals surface area contributed by atoms with Crippen molar-refractivity contribution in [3.05, 3.63) is 89.5 Å². The monoisotopic (exact) mass is 507 g/mol. The lowest BCUT2D eigenvalue weighted by Crippen LogP contribution is -2.49. The van der Waals surface area contributed by atoms with E-state index in [1.807, 2.05) is 72.8 Å². The lowest BCUT2D eigenvalue weighted by molar-refractivity contribution is -0.0328. The minimum absolute atomic E-state index is 0.114. The Hall–Kier alpha value is -3.10. The molecule has 7 nitrogen and oxygen atoms in total. The zero-order chi connectivity index (χ0) is 25.9. The fraction of sp³-hybridized carbons (Fsp3) is 0.400. The van der Waals surface area contributed by atoms with E-state index in [9.17, 15) is 5.11 Å². The molecule has 3 unspecified atom stereocenters. The lowest BCUT2D eigenvalue weighted by Gasteiger charge is -2.36. The minimum Gasteiger partial charge on any atom is -0.497 e. The van der Waals surface area contributed by atoms with Crippen molar-refractivity contribution >= 4 is 0 Å². The van der Waals surface area contributed by atoms with Crippen molar-refractivity contribution in [3.8, 4) is 17.2 Å². The fourth-order valence-corrected chi connectivity index (χ4v) is 4.54. The number of aliphatic hydroxyl groups is 1.